The predicted octanol–water partition coefficient (Wildman–Crippen LogP) is 4.02. The Balaban J connectivity index is 1.86. The molecule has 1 saturated heterocycles. The van der Waals surface area contributed by atoms with E-state index in [0.717, 1.165) is 16.7 Å². The Kier molecular flexibility index (Phi) is 5.54. The molecule has 1 fully saturated rings. The summed E-state index contributed by atoms with van der Waals surface area (Å²) < 4.78 is 5.17. The van der Waals surface area contributed by atoms with Gasteiger partial charge in [0.05, 0.1) is 18.7 Å². The predicted molar refractivity (Wildman–Crippen MR) is 116 cm³/mol. The number of carbonyl (C=O) groups excluding carboxylic acids is 2. The molecule has 1 atom stereocenters. The number of aromatic nitrogens is 1. The maximum absolute atomic E-state index is 13.1. The molecule has 1 aliphatic heterocycles. The van der Waals surface area contributed by atoms with Crippen LogP contribution in [0.1, 0.15) is 28.3 Å². The van der Waals surface area contributed by atoms with E-state index in [9.17, 15) is 14.7 Å². The normalized spacial score (nSPS) is 17.7. The van der Waals surface area contributed by atoms with Gasteiger partial charge in [-0.15, -0.1) is 0 Å². The van der Waals surface area contributed by atoms with E-state index < -0.39 is 17.7 Å². The molecule has 0 saturated carbocycles. The van der Waals surface area contributed by atoms with Gasteiger partial charge in [0, 0.05) is 24.5 Å². The van der Waals surface area contributed by atoms with Crippen LogP contribution in [0.15, 0.2) is 78.6 Å². The number of hydrogen-bond donors (Lipinski definition) is 1. The summed E-state index contributed by atoms with van der Waals surface area (Å²) in [6.07, 6.45) is 3.32. The highest BCUT2D eigenvalue weighted by molar-refractivity contribution is 6.46. The molecule has 4 rings (SSSR count). The molecule has 0 aliphatic carbocycles. The molecule has 0 spiro atoms. The Morgan fingerprint density at radius 2 is 1.81 bits per heavy atom. The largest absolute Gasteiger partial charge is 0.507 e. The Labute approximate surface area is 180 Å². The van der Waals surface area contributed by atoms with E-state index in [1.165, 1.54) is 4.90 Å². The lowest BCUT2D eigenvalue weighted by Crippen LogP contribution is -2.29. The molecule has 156 valence electrons. The quantitative estimate of drug-likeness (QED) is 0.388. The number of benzene rings is 2. The second kappa shape index (κ2) is 8.44. The van der Waals surface area contributed by atoms with Gasteiger partial charge in [0.1, 0.15) is 11.5 Å². The number of hydrogen-bond acceptors (Lipinski definition) is 5. The highest BCUT2D eigenvalue weighted by atomic mass is 16.5. The van der Waals surface area contributed by atoms with Gasteiger partial charge in [0.15, 0.2) is 0 Å². The van der Waals surface area contributed by atoms with Gasteiger partial charge in [-0.25, -0.2) is 0 Å². The van der Waals surface area contributed by atoms with Crippen LogP contribution in [0.5, 0.6) is 5.75 Å². The van der Waals surface area contributed by atoms with E-state index in [4.69, 9.17) is 4.74 Å². The van der Waals surface area contributed by atoms with E-state index in [0.29, 0.717) is 11.3 Å². The lowest BCUT2D eigenvalue weighted by atomic mass is 9.92. The second-order valence-electron chi connectivity index (χ2n) is 7.37. The lowest BCUT2D eigenvalue weighted by Gasteiger charge is -2.26. The van der Waals surface area contributed by atoms with Gasteiger partial charge in [-0.05, 0) is 53.9 Å². The van der Waals surface area contributed by atoms with E-state index in [1.807, 2.05) is 37.3 Å². The van der Waals surface area contributed by atoms with Crippen molar-refractivity contribution in [3.63, 3.8) is 0 Å². The average Bonchev–Trinajstić information content (AvgIpc) is 3.04. The molecule has 1 amide bonds. The zero-order valence-electron chi connectivity index (χ0n) is 17.3. The van der Waals surface area contributed by atoms with Crippen molar-refractivity contribution in [3.05, 3.63) is 101 Å². The van der Waals surface area contributed by atoms with Crippen molar-refractivity contribution >= 4 is 17.4 Å². The molecule has 0 bridgehead atoms. The summed E-state index contributed by atoms with van der Waals surface area (Å²) in [5, 5.41) is 11.1. The van der Waals surface area contributed by atoms with E-state index in [2.05, 4.69) is 4.98 Å². The highest BCUT2D eigenvalue weighted by Gasteiger charge is 2.46. The number of aliphatic hydroxyl groups is 1. The van der Waals surface area contributed by atoms with E-state index >= 15 is 0 Å². The standard InChI is InChI=1S/C25H22N2O4/c1-16-6-3-4-8-20(16)22-21(23(28)18-9-11-19(31-2)12-10-18)24(29)25(30)27(22)15-17-7-5-13-26-14-17/h3-14,22,28H,15H2,1-2H3/b23-21-. The van der Waals surface area contributed by atoms with Crippen LogP contribution in [0, 0.1) is 6.92 Å². The third-order valence-corrected chi connectivity index (χ3v) is 5.46. The average molecular weight is 414 g/mol. The van der Waals surface area contributed by atoms with Crippen molar-refractivity contribution in [1.29, 1.82) is 0 Å². The van der Waals surface area contributed by atoms with Crippen molar-refractivity contribution < 1.29 is 19.4 Å². The van der Waals surface area contributed by atoms with Gasteiger partial charge < -0.3 is 14.7 Å². The van der Waals surface area contributed by atoms with E-state index in [-0.39, 0.29) is 17.9 Å². The van der Waals surface area contributed by atoms with Crippen LogP contribution in [0.3, 0.4) is 0 Å². The molecule has 1 unspecified atom stereocenters. The van der Waals surface area contributed by atoms with Crippen LogP contribution in [0.4, 0.5) is 0 Å². The number of Topliss-reactive ketones (excluding diaryl/α,β-unsaturated/α-hetero) is 1. The van der Waals surface area contributed by atoms with Crippen molar-refractivity contribution in [2.45, 2.75) is 19.5 Å². The summed E-state index contributed by atoms with van der Waals surface area (Å²) in [6, 6.07) is 17.2. The first-order chi connectivity index (χ1) is 15.0. The molecule has 31 heavy (non-hydrogen) atoms. The Hall–Kier alpha value is -3.93. The zero-order chi connectivity index (χ0) is 22.0. The number of rotatable bonds is 5. The van der Waals surface area contributed by atoms with E-state index in [1.54, 1.807) is 49.8 Å². The molecule has 1 N–H and O–H groups in total. The number of methoxy groups -OCH3 is 1. The van der Waals surface area contributed by atoms with Crippen LogP contribution in [-0.4, -0.2) is 33.8 Å². The second-order valence-corrected chi connectivity index (χ2v) is 7.37. The number of nitrogens with zero attached hydrogens (tertiary/aromatic N) is 2. The summed E-state index contributed by atoms with van der Waals surface area (Å²) in [5.41, 5.74) is 3.03. The first-order valence-electron chi connectivity index (χ1n) is 9.88. The highest BCUT2D eigenvalue weighted by Crippen LogP contribution is 2.41. The number of aryl methyl sites for hydroxylation is 1. The van der Waals surface area contributed by atoms with Crippen molar-refractivity contribution in [2.24, 2.45) is 0 Å². The molecular weight excluding hydrogens is 392 g/mol. The number of aliphatic hydroxyl groups excluding tert-OH is 1. The first kappa shape index (κ1) is 20.3. The fourth-order valence-electron chi connectivity index (χ4n) is 3.85. The lowest BCUT2D eigenvalue weighted by molar-refractivity contribution is -0.140. The number of ether oxygens (including phenoxy) is 1. The monoisotopic (exact) mass is 414 g/mol. The minimum atomic E-state index is -0.705. The number of likely N-dealkylation sites (tertiary alicyclic amines) is 1. The number of amides is 1. The van der Waals surface area contributed by atoms with Crippen LogP contribution < -0.4 is 4.74 Å². The fraction of sp³-hybridized carbons (Fsp3) is 0.160. The third-order valence-electron chi connectivity index (χ3n) is 5.46. The molecule has 2 aromatic carbocycles. The minimum Gasteiger partial charge on any atom is -0.507 e. The van der Waals surface area contributed by atoms with Gasteiger partial charge in [-0.3, -0.25) is 14.6 Å². The number of ketones is 1. The summed E-state index contributed by atoms with van der Waals surface area (Å²) in [7, 11) is 1.55. The topological polar surface area (TPSA) is 79.7 Å². The Bertz CT molecular complexity index is 1150. The van der Waals surface area contributed by atoms with Crippen molar-refractivity contribution in [2.75, 3.05) is 7.11 Å². The van der Waals surface area contributed by atoms with Crippen molar-refractivity contribution in [3.8, 4) is 5.75 Å². The van der Waals surface area contributed by atoms with Gasteiger partial charge in [0.2, 0.25) is 0 Å². The molecule has 3 aromatic rings. The summed E-state index contributed by atoms with van der Waals surface area (Å²) >= 11 is 0. The molecule has 1 aromatic heterocycles. The maximum atomic E-state index is 13.1. The van der Waals surface area contributed by atoms with Crippen LogP contribution >= 0.6 is 0 Å². The van der Waals surface area contributed by atoms with Crippen LogP contribution in [-0.2, 0) is 16.1 Å². The number of pyridine rings is 1. The minimum absolute atomic E-state index is 0.0772. The Morgan fingerprint density at radius 3 is 2.45 bits per heavy atom. The van der Waals surface area contributed by atoms with Crippen molar-refractivity contribution in [1.82, 2.24) is 9.88 Å². The third kappa shape index (κ3) is 3.80. The smallest absolute Gasteiger partial charge is 0.295 e. The SMILES string of the molecule is COc1ccc(/C(O)=C2/C(=O)C(=O)N(Cc3cccnc3)C2c2ccccc2C)cc1. The van der Waals surface area contributed by atoms with Gasteiger partial charge >= 0.3 is 0 Å². The van der Waals surface area contributed by atoms with Gasteiger partial charge in [-0.2, -0.15) is 0 Å². The summed E-state index contributed by atoms with van der Waals surface area (Å²) in [4.78, 5) is 31.7. The molecule has 6 heteroatoms. The first-order valence-corrected chi connectivity index (χ1v) is 9.88. The summed E-state index contributed by atoms with van der Waals surface area (Å²) in [6.45, 7) is 2.13. The maximum Gasteiger partial charge on any atom is 0.295 e. The molecule has 2 heterocycles. The van der Waals surface area contributed by atoms with Gasteiger partial charge in [0.25, 0.3) is 11.7 Å². The molecule has 0 radical (unpaired) electrons. The zero-order valence-corrected chi connectivity index (χ0v) is 17.3. The van der Waals surface area contributed by atoms with Crippen LogP contribution in [0.2, 0.25) is 0 Å². The fourth-order valence-corrected chi connectivity index (χ4v) is 3.85. The van der Waals surface area contributed by atoms with Crippen LogP contribution in [0.25, 0.3) is 5.76 Å². The summed E-state index contributed by atoms with van der Waals surface area (Å²) in [5.74, 6) is -0.926. The molecular formula is C25H22N2O4. The number of carbonyl (C=O) groups is 2. The molecule has 6 nitrogen and oxygen atoms in total. The Morgan fingerprint density at radius 1 is 1.06 bits per heavy atom. The molecule has 1 aliphatic rings. The van der Waals surface area contributed by atoms with Gasteiger partial charge in [-0.1, -0.05) is 30.3 Å².